The van der Waals surface area contributed by atoms with Crippen molar-refractivity contribution >= 4 is 29.1 Å². The fraction of sp³-hybridized carbons (Fsp3) is 0.421. The molecule has 1 aromatic carbocycles. The summed E-state index contributed by atoms with van der Waals surface area (Å²) in [5.41, 5.74) is 4.14. The Morgan fingerprint density at radius 3 is 2.62 bits per heavy atom. The Morgan fingerprint density at radius 1 is 1.31 bits per heavy atom. The Bertz CT molecular complexity index is 855. The Kier molecular flexibility index (Phi) is 5.32. The van der Waals surface area contributed by atoms with E-state index in [1.165, 1.54) is 0 Å². The van der Waals surface area contributed by atoms with Crippen LogP contribution in [-0.2, 0) is 18.3 Å². The highest BCUT2D eigenvalue weighted by Gasteiger charge is 2.24. The molecule has 0 bridgehead atoms. The molecule has 0 saturated heterocycles. The van der Waals surface area contributed by atoms with Gasteiger partial charge in [0.2, 0.25) is 5.91 Å². The van der Waals surface area contributed by atoms with Gasteiger partial charge in [-0.25, -0.2) is 0 Å². The Labute approximate surface area is 157 Å². The maximum absolute atomic E-state index is 12.2. The molecule has 0 unspecified atom stereocenters. The van der Waals surface area contributed by atoms with Crippen molar-refractivity contribution in [2.45, 2.75) is 45.6 Å². The van der Waals surface area contributed by atoms with Crippen LogP contribution in [0.2, 0.25) is 5.02 Å². The zero-order valence-corrected chi connectivity index (χ0v) is 16.0. The molecule has 1 heterocycles. The van der Waals surface area contributed by atoms with Crippen molar-refractivity contribution in [3.63, 3.8) is 0 Å². The van der Waals surface area contributed by atoms with E-state index < -0.39 is 0 Å². The predicted octanol–water partition coefficient (Wildman–Crippen LogP) is 3.15. The number of hydrogen-bond donors (Lipinski definition) is 2. The van der Waals surface area contributed by atoms with Gasteiger partial charge in [0.15, 0.2) is 0 Å². The van der Waals surface area contributed by atoms with E-state index in [0.29, 0.717) is 29.1 Å². The van der Waals surface area contributed by atoms with Gasteiger partial charge < -0.3 is 10.6 Å². The standard InChI is InChI=1S/C19H23ClN4O2/c1-11-15(12(2)24(3)23-11)8-9-18(25)21-14-6-7-16(17(20)10-14)19(26)22-13-4-5-13/h6-7,10,13H,4-5,8-9H2,1-3H3,(H,21,25)(H,22,26). The first-order valence-electron chi connectivity index (χ1n) is 8.74. The highest BCUT2D eigenvalue weighted by molar-refractivity contribution is 6.34. The van der Waals surface area contributed by atoms with Crippen LogP contribution in [0.4, 0.5) is 5.69 Å². The third kappa shape index (κ3) is 4.25. The van der Waals surface area contributed by atoms with Gasteiger partial charge in [0.1, 0.15) is 0 Å². The van der Waals surface area contributed by atoms with Gasteiger partial charge in [-0.15, -0.1) is 0 Å². The molecule has 138 valence electrons. The molecule has 7 heteroatoms. The summed E-state index contributed by atoms with van der Waals surface area (Å²) in [7, 11) is 1.90. The first-order chi connectivity index (χ1) is 12.3. The lowest BCUT2D eigenvalue weighted by Gasteiger charge is -2.09. The van der Waals surface area contributed by atoms with E-state index in [1.807, 2.05) is 25.6 Å². The number of rotatable bonds is 6. The number of amides is 2. The van der Waals surface area contributed by atoms with Gasteiger partial charge in [-0.3, -0.25) is 14.3 Å². The van der Waals surface area contributed by atoms with Gasteiger partial charge in [0.05, 0.1) is 16.3 Å². The molecule has 0 radical (unpaired) electrons. The molecule has 0 atom stereocenters. The molecule has 0 aliphatic heterocycles. The minimum Gasteiger partial charge on any atom is -0.349 e. The molecule has 3 rings (SSSR count). The molecule has 1 aromatic heterocycles. The summed E-state index contributed by atoms with van der Waals surface area (Å²) in [5.74, 6) is -0.267. The van der Waals surface area contributed by atoms with Crippen LogP contribution in [-0.4, -0.2) is 27.6 Å². The normalized spacial score (nSPS) is 13.5. The van der Waals surface area contributed by atoms with Crippen molar-refractivity contribution < 1.29 is 9.59 Å². The van der Waals surface area contributed by atoms with E-state index in [9.17, 15) is 9.59 Å². The molecule has 26 heavy (non-hydrogen) atoms. The topological polar surface area (TPSA) is 76.0 Å². The fourth-order valence-electron chi connectivity index (χ4n) is 2.91. The van der Waals surface area contributed by atoms with Crippen molar-refractivity contribution in [3.05, 3.63) is 45.7 Å². The SMILES string of the molecule is Cc1nn(C)c(C)c1CCC(=O)Nc1ccc(C(=O)NC2CC2)c(Cl)c1. The lowest BCUT2D eigenvalue weighted by atomic mass is 10.1. The van der Waals surface area contributed by atoms with E-state index in [4.69, 9.17) is 11.6 Å². The number of nitrogens with zero attached hydrogens (tertiary/aromatic N) is 2. The molecule has 0 spiro atoms. The molecule has 2 N–H and O–H groups in total. The lowest BCUT2D eigenvalue weighted by Crippen LogP contribution is -2.25. The number of halogens is 1. The highest BCUT2D eigenvalue weighted by Crippen LogP contribution is 2.24. The summed E-state index contributed by atoms with van der Waals surface area (Å²) in [5, 5.41) is 10.4. The first-order valence-corrected chi connectivity index (χ1v) is 9.12. The van der Waals surface area contributed by atoms with Gasteiger partial charge in [0, 0.05) is 30.9 Å². The third-order valence-corrected chi connectivity index (χ3v) is 4.98. The van der Waals surface area contributed by atoms with E-state index in [0.717, 1.165) is 29.8 Å². The second-order valence-electron chi connectivity index (χ2n) is 6.76. The predicted molar refractivity (Wildman–Crippen MR) is 102 cm³/mol. The van der Waals surface area contributed by atoms with Gasteiger partial charge in [0.25, 0.3) is 5.91 Å². The molecule has 1 saturated carbocycles. The summed E-state index contributed by atoms with van der Waals surface area (Å²) >= 11 is 6.21. The van der Waals surface area contributed by atoms with Crippen molar-refractivity contribution in [3.8, 4) is 0 Å². The number of benzene rings is 1. The van der Waals surface area contributed by atoms with Crippen LogP contribution >= 0.6 is 11.6 Å². The number of hydrogen-bond acceptors (Lipinski definition) is 3. The Balaban J connectivity index is 1.58. The van der Waals surface area contributed by atoms with E-state index in [-0.39, 0.29) is 17.9 Å². The maximum Gasteiger partial charge on any atom is 0.253 e. The van der Waals surface area contributed by atoms with Crippen LogP contribution in [0.15, 0.2) is 18.2 Å². The second kappa shape index (κ2) is 7.50. The minimum absolute atomic E-state index is 0.0982. The van der Waals surface area contributed by atoms with Crippen LogP contribution in [0, 0.1) is 13.8 Å². The average molecular weight is 375 g/mol. The summed E-state index contributed by atoms with van der Waals surface area (Å²) < 4.78 is 1.83. The number of aryl methyl sites for hydroxylation is 2. The zero-order valence-electron chi connectivity index (χ0n) is 15.2. The van der Waals surface area contributed by atoms with E-state index >= 15 is 0 Å². The van der Waals surface area contributed by atoms with Gasteiger partial charge in [-0.2, -0.15) is 5.10 Å². The Hall–Kier alpha value is -2.34. The molecule has 1 fully saturated rings. The van der Waals surface area contributed by atoms with Crippen LogP contribution < -0.4 is 10.6 Å². The summed E-state index contributed by atoms with van der Waals surface area (Å²) in [6.07, 6.45) is 3.03. The highest BCUT2D eigenvalue weighted by atomic mass is 35.5. The number of carbonyl (C=O) groups excluding carboxylic acids is 2. The van der Waals surface area contributed by atoms with Crippen molar-refractivity contribution in [1.82, 2.24) is 15.1 Å². The molecular weight excluding hydrogens is 352 g/mol. The second-order valence-corrected chi connectivity index (χ2v) is 7.17. The minimum atomic E-state index is -0.169. The quantitative estimate of drug-likeness (QED) is 0.815. The number of aromatic nitrogens is 2. The van der Waals surface area contributed by atoms with Crippen molar-refractivity contribution in [2.24, 2.45) is 7.05 Å². The molecule has 1 aliphatic rings. The number of carbonyl (C=O) groups is 2. The van der Waals surface area contributed by atoms with Crippen molar-refractivity contribution in [1.29, 1.82) is 0 Å². The lowest BCUT2D eigenvalue weighted by molar-refractivity contribution is -0.116. The third-order valence-electron chi connectivity index (χ3n) is 4.67. The van der Waals surface area contributed by atoms with Gasteiger partial charge in [-0.05, 0) is 56.9 Å². The number of anilines is 1. The molecule has 2 aromatic rings. The van der Waals surface area contributed by atoms with Crippen LogP contribution in [0.1, 0.15) is 46.6 Å². The largest absolute Gasteiger partial charge is 0.349 e. The monoisotopic (exact) mass is 374 g/mol. The summed E-state index contributed by atoms with van der Waals surface area (Å²) in [6.45, 7) is 3.95. The molecule has 1 aliphatic carbocycles. The van der Waals surface area contributed by atoms with Crippen molar-refractivity contribution in [2.75, 3.05) is 5.32 Å². The number of nitrogens with one attached hydrogen (secondary N) is 2. The molecule has 6 nitrogen and oxygen atoms in total. The summed E-state index contributed by atoms with van der Waals surface area (Å²) in [4.78, 5) is 24.3. The Morgan fingerprint density at radius 2 is 2.04 bits per heavy atom. The summed E-state index contributed by atoms with van der Waals surface area (Å²) in [6, 6.07) is 5.23. The molecule has 2 amide bonds. The van der Waals surface area contributed by atoms with Gasteiger partial charge >= 0.3 is 0 Å². The fourth-order valence-corrected chi connectivity index (χ4v) is 3.18. The molecular formula is C19H23ClN4O2. The van der Waals surface area contributed by atoms with E-state index in [2.05, 4.69) is 15.7 Å². The zero-order chi connectivity index (χ0) is 18.8. The van der Waals surface area contributed by atoms with Crippen LogP contribution in [0.3, 0.4) is 0 Å². The van der Waals surface area contributed by atoms with Crippen LogP contribution in [0.25, 0.3) is 0 Å². The maximum atomic E-state index is 12.2. The average Bonchev–Trinajstić information content (AvgIpc) is 3.34. The van der Waals surface area contributed by atoms with Crippen LogP contribution in [0.5, 0.6) is 0 Å². The van der Waals surface area contributed by atoms with E-state index in [1.54, 1.807) is 18.2 Å². The van der Waals surface area contributed by atoms with Gasteiger partial charge in [-0.1, -0.05) is 11.6 Å². The first kappa shape index (κ1) is 18.5. The smallest absolute Gasteiger partial charge is 0.253 e.